The van der Waals surface area contributed by atoms with E-state index in [-0.39, 0.29) is 15.5 Å². The molecule has 158 valence electrons. The largest absolute Gasteiger partial charge is 0.298 e. The number of carbonyl (C=O) groups is 1. The lowest BCUT2D eigenvalue weighted by atomic mass is 10.1. The summed E-state index contributed by atoms with van der Waals surface area (Å²) in [6.07, 6.45) is 2.72. The Labute approximate surface area is 184 Å². The van der Waals surface area contributed by atoms with Crippen LogP contribution in [0.3, 0.4) is 0 Å². The van der Waals surface area contributed by atoms with Gasteiger partial charge in [0, 0.05) is 13.1 Å². The molecule has 1 aliphatic rings. The molecule has 3 aromatic rings. The van der Waals surface area contributed by atoms with Gasteiger partial charge in [-0.3, -0.25) is 10.1 Å². The third-order valence-corrected chi connectivity index (χ3v) is 8.63. The van der Waals surface area contributed by atoms with Gasteiger partial charge in [0.05, 0.1) is 25.7 Å². The Bertz CT molecular complexity index is 1190. The van der Waals surface area contributed by atoms with Crippen molar-refractivity contribution in [1.29, 1.82) is 0 Å². The van der Waals surface area contributed by atoms with Crippen molar-refractivity contribution in [2.45, 2.75) is 38.0 Å². The number of amides is 1. The van der Waals surface area contributed by atoms with Gasteiger partial charge in [-0.1, -0.05) is 41.5 Å². The summed E-state index contributed by atoms with van der Waals surface area (Å²) in [5.74, 6) is -0.481. The SMILES string of the molecule is Cc1ccc(C)c2sc(NC(=O)c3cc(S(=O)(=O)N4CCCCC4)ccc3Cl)nc12. The van der Waals surface area contributed by atoms with E-state index in [1.807, 2.05) is 26.0 Å². The van der Waals surface area contributed by atoms with Gasteiger partial charge in [-0.15, -0.1) is 0 Å². The Morgan fingerprint density at radius 3 is 2.50 bits per heavy atom. The van der Waals surface area contributed by atoms with Crippen LogP contribution in [0, 0.1) is 13.8 Å². The molecule has 0 atom stereocenters. The number of benzene rings is 2. The first-order valence-corrected chi connectivity index (χ1v) is 12.4. The number of anilines is 1. The fourth-order valence-electron chi connectivity index (χ4n) is 3.57. The van der Waals surface area contributed by atoms with Crippen LogP contribution in [0.15, 0.2) is 35.2 Å². The number of carbonyl (C=O) groups excluding carboxylic acids is 1. The van der Waals surface area contributed by atoms with Gasteiger partial charge in [-0.2, -0.15) is 4.31 Å². The number of hydrogen-bond donors (Lipinski definition) is 1. The second kappa shape index (κ2) is 8.26. The summed E-state index contributed by atoms with van der Waals surface area (Å²) in [7, 11) is -3.66. The fraction of sp³-hybridized carbons (Fsp3) is 0.333. The van der Waals surface area contributed by atoms with Crippen LogP contribution in [-0.4, -0.2) is 36.7 Å². The average Bonchev–Trinajstić information content (AvgIpc) is 3.16. The zero-order valence-electron chi connectivity index (χ0n) is 16.7. The zero-order chi connectivity index (χ0) is 21.5. The molecule has 0 spiro atoms. The van der Waals surface area contributed by atoms with Crippen molar-refractivity contribution >= 4 is 54.2 Å². The summed E-state index contributed by atoms with van der Waals surface area (Å²) in [6, 6.07) is 8.28. The number of halogens is 1. The van der Waals surface area contributed by atoms with E-state index in [4.69, 9.17) is 11.6 Å². The topological polar surface area (TPSA) is 79.4 Å². The third kappa shape index (κ3) is 3.97. The smallest absolute Gasteiger partial charge is 0.259 e. The summed E-state index contributed by atoms with van der Waals surface area (Å²) < 4.78 is 28.4. The molecule has 6 nitrogen and oxygen atoms in total. The first-order valence-electron chi connectivity index (χ1n) is 9.75. The van der Waals surface area contributed by atoms with E-state index in [2.05, 4.69) is 10.3 Å². The molecule has 0 saturated carbocycles. The standard InChI is InChI=1S/C21H22ClN3O3S2/c1-13-6-7-14(2)19-18(13)23-21(29-19)24-20(26)16-12-15(8-9-17(16)22)30(27,28)25-10-4-3-5-11-25/h6-9,12H,3-5,10-11H2,1-2H3,(H,23,24,26). The van der Waals surface area contributed by atoms with E-state index < -0.39 is 15.9 Å². The number of hydrogen-bond acceptors (Lipinski definition) is 5. The highest BCUT2D eigenvalue weighted by molar-refractivity contribution is 7.89. The van der Waals surface area contributed by atoms with E-state index in [0.29, 0.717) is 18.2 Å². The maximum Gasteiger partial charge on any atom is 0.259 e. The highest BCUT2D eigenvalue weighted by Crippen LogP contribution is 2.32. The van der Waals surface area contributed by atoms with Crippen LogP contribution in [0.2, 0.25) is 5.02 Å². The molecule has 1 saturated heterocycles. The summed E-state index contributed by atoms with van der Waals surface area (Å²) in [6.45, 7) is 4.96. The number of nitrogens with zero attached hydrogens (tertiary/aromatic N) is 2. The number of fused-ring (bicyclic) bond motifs is 1. The van der Waals surface area contributed by atoms with E-state index >= 15 is 0 Å². The average molecular weight is 464 g/mol. The molecule has 4 rings (SSSR count). The molecule has 0 radical (unpaired) electrons. The molecule has 1 N–H and O–H groups in total. The Morgan fingerprint density at radius 2 is 1.80 bits per heavy atom. The van der Waals surface area contributed by atoms with Crippen LogP contribution in [-0.2, 0) is 10.0 Å². The number of piperidine rings is 1. The van der Waals surface area contributed by atoms with E-state index in [1.54, 1.807) is 0 Å². The molecule has 1 aromatic heterocycles. The molecule has 2 aromatic carbocycles. The van der Waals surface area contributed by atoms with Gasteiger partial charge in [0.25, 0.3) is 5.91 Å². The maximum atomic E-state index is 13.0. The van der Waals surface area contributed by atoms with Crippen LogP contribution >= 0.6 is 22.9 Å². The van der Waals surface area contributed by atoms with E-state index in [9.17, 15) is 13.2 Å². The molecular weight excluding hydrogens is 442 g/mol. The molecule has 0 bridgehead atoms. The van der Waals surface area contributed by atoms with Gasteiger partial charge < -0.3 is 0 Å². The van der Waals surface area contributed by atoms with Crippen LogP contribution in [0.25, 0.3) is 10.2 Å². The number of sulfonamides is 1. The second-order valence-electron chi connectivity index (χ2n) is 7.46. The minimum absolute atomic E-state index is 0.0786. The number of rotatable bonds is 4. The maximum absolute atomic E-state index is 13.0. The zero-order valence-corrected chi connectivity index (χ0v) is 19.1. The van der Waals surface area contributed by atoms with Crippen molar-refractivity contribution in [3.63, 3.8) is 0 Å². The summed E-state index contributed by atoms with van der Waals surface area (Å²) >= 11 is 7.62. The van der Waals surface area contributed by atoms with E-state index in [1.165, 1.54) is 33.8 Å². The van der Waals surface area contributed by atoms with Crippen LogP contribution < -0.4 is 5.32 Å². The Morgan fingerprint density at radius 1 is 1.10 bits per heavy atom. The van der Waals surface area contributed by atoms with Crippen molar-refractivity contribution in [3.8, 4) is 0 Å². The normalized spacial score (nSPS) is 15.4. The van der Waals surface area contributed by atoms with Crippen LogP contribution in [0.4, 0.5) is 5.13 Å². The van der Waals surface area contributed by atoms with Crippen molar-refractivity contribution in [2.75, 3.05) is 18.4 Å². The van der Waals surface area contributed by atoms with Crippen molar-refractivity contribution in [2.24, 2.45) is 0 Å². The monoisotopic (exact) mass is 463 g/mol. The lowest BCUT2D eigenvalue weighted by molar-refractivity contribution is 0.102. The minimum Gasteiger partial charge on any atom is -0.298 e. The highest BCUT2D eigenvalue weighted by Gasteiger charge is 2.27. The lowest BCUT2D eigenvalue weighted by Crippen LogP contribution is -2.35. The van der Waals surface area contributed by atoms with Gasteiger partial charge in [-0.25, -0.2) is 13.4 Å². The van der Waals surface area contributed by atoms with Gasteiger partial charge in [0.1, 0.15) is 0 Å². The molecule has 1 fully saturated rings. The quantitative estimate of drug-likeness (QED) is 0.590. The summed E-state index contributed by atoms with van der Waals surface area (Å²) in [5, 5.41) is 3.42. The van der Waals surface area contributed by atoms with Gasteiger partial charge in [-0.05, 0) is 56.0 Å². The number of thiazole rings is 1. The van der Waals surface area contributed by atoms with Gasteiger partial charge in [0.15, 0.2) is 5.13 Å². The molecule has 2 heterocycles. The molecule has 0 aliphatic carbocycles. The first kappa shape index (κ1) is 21.2. The highest BCUT2D eigenvalue weighted by atomic mass is 35.5. The summed E-state index contributed by atoms with van der Waals surface area (Å²) in [4.78, 5) is 17.5. The van der Waals surface area contributed by atoms with Crippen molar-refractivity contribution in [1.82, 2.24) is 9.29 Å². The molecule has 9 heteroatoms. The minimum atomic E-state index is -3.66. The fourth-order valence-corrected chi connectivity index (χ4v) is 6.32. The number of aryl methyl sites for hydroxylation is 2. The lowest BCUT2D eigenvalue weighted by Gasteiger charge is -2.26. The molecule has 1 aliphatic heterocycles. The Kier molecular flexibility index (Phi) is 5.85. The van der Waals surface area contributed by atoms with E-state index in [0.717, 1.165) is 40.6 Å². The summed E-state index contributed by atoms with van der Waals surface area (Å²) in [5.41, 5.74) is 3.08. The Balaban J connectivity index is 1.64. The third-order valence-electron chi connectivity index (χ3n) is 5.30. The Hall–Kier alpha value is -2.00. The van der Waals surface area contributed by atoms with Gasteiger partial charge in [0.2, 0.25) is 10.0 Å². The first-order chi connectivity index (χ1) is 14.3. The molecule has 1 amide bonds. The molecular formula is C21H22ClN3O3S2. The predicted octanol–water partition coefficient (Wildman–Crippen LogP) is 4.99. The number of aromatic nitrogens is 1. The van der Waals surface area contributed by atoms with Crippen molar-refractivity contribution < 1.29 is 13.2 Å². The molecule has 0 unspecified atom stereocenters. The van der Waals surface area contributed by atoms with Crippen molar-refractivity contribution in [3.05, 3.63) is 52.0 Å². The number of nitrogens with one attached hydrogen (secondary N) is 1. The second-order valence-corrected chi connectivity index (χ2v) is 10.8. The predicted molar refractivity (Wildman–Crippen MR) is 121 cm³/mol. The van der Waals surface area contributed by atoms with Crippen LogP contribution in [0.1, 0.15) is 40.7 Å². The molecule has 30 heavy (non-hydrogen) atoms. The van der Waals surface area contributed by atoms with Gasteiger partial charge >= 0.3 is 0 Å². The van der Waals surface area contributed by atoms with Crippen LogP contribution in [0.5, 0.6) is 0 Å².